The standard InChI is InChI=1S/C23H27N3O2/c1-17-5-3-6-19(13-17)15-25-11-4-9-23(22(25)28)10-12-26(16-23)21(27)20-8-7-18(2)24-14-20/h3,5-8,13-14H,4,9-12,15-16H2,1-2H3/t23-/m1/s1. The molecule has 146 valence electrons. The Kier molecular flexibility index (Phi) is 4.92. The van der Waals surface area contributed by atoms with E-state index in [0.29, 0.717) is 25.2 Å². The van der Waals surface area contributed by atoms with E-state index in [1.807, 2.05) is 34.9 Å². The van der Waals surface area contributed by atoms with E-state index in [0.717, 1.165) is 31.5 Å². The van der Waals surface area contributed by atoms with E-state index in [1.165, 1.54) is 11.1 Å². The molecule has 5 nitrogen and oxygen atoms in total. The van der Waals surface area contributed by atoms with Crippen LogP contribution >= 0.6 is 0 Å². The number of pyridine rings is 1. The molecule has 28 heavy (non-hydrogen) atoms. The summed E-state index contributed by atoms with van der Waals surface area (Å²) in [6.07, 6.45) is 4.24. The SMILES string of the molecule is Cc1cccc(CN2CCC[C@]3(CCN(C(=O)c4ccc(C)nc4)C3)C2=O)c1. The lowest BCUT2D eigenvalue weighted by Gasteiger charge is -2.39. The average molecular weight is 377 g/mol. The molecule has 3 heterocycles. The lowest BCUT2D eigenvalue weighted by Crippen LogP contribution is -2.50. The van der Waals surface area contributed by atoms with Gasteiger partial charge in [-0.3, -0.25) is 14.6 Å². The first-order valence-electron chi connectivity index (χ1n) is 10.0. The van der Waals surface area contributed by atoms with Gasteiger partial charge in [-0.15, -0.1) is 0 Å². The van der Waals surface area contributed by atoms with Crippen LogP contribution in [0.2, 0.25) is 0 Å². The number of amides is 2. The number of benzene rings is 1. The molecule has 1 aromatic carbocycles. The number of carbonyl (C=O) groups excluding carboxylic acids is 2. The summed E-state index contributed by atoms with van der Waals surface area (Å²) in [5.41, 5.74) is 3.45. The quantitative estimate of drug-likeness (QED) is 0.824. The summed E-state index contributed by atoms with van der Waals surface area (Å²) in [5, 5.41) is 0. The van der Waals surface area contributed by atoms with Crippen LogP contribution in [0.1, 0.15) is 46.4 Å². The second-order valence-electron chi connectivity index (χ2n) is 8.26. The number of carbonyl (C=O) groups is 2. The molecule has 4 rings (SSSR count). The topological polar surface area (TPSA) is 53.5 Å². The highest BCUT2D eigenvalue weighted by molar-refractivity contribution is 5.95. The third-order valence-electron chi connectivity index (χ3n) is 6.08. The van der Waals surface area contributed by atoms with Gasteiger partial charge in [0.2, 0.25) is 5.91 Å². The predicted molar refractivity (Wildman–Crippen MR) is 108 cm³/mol. The van der Waals surface area contributed by atoms with Crippen LogP contribution in [0, 0.1) is 19.3 Å². The molecular weight excluding hydrogens is 350 g/mol. The van der Waals surface area contributed by atoms with E-state index < -0.39 is 5.41 Å². The van der Waals surface area contributed by atoms with Gasteiger partial charge in [-0.1, -0.05) is 29.8 Å². The first kappa shape index (κ1) is 18.7. The summed E-state index contributed by atoms with van der Waals surface area (Å²) in [6, 6.07) is 12.0. The highest BCUT2D eigenvalue weighted by Gasteiger charge is 2.49. The second kappa shape index (κ2) is 7.38. The number of nitrogens with zero attached hydrogens (tertiary/aromatic N) is 3. The molecule has 0 aliphatic carbocycles. The Morgan fingerprint density at radius 3 is 2.75 bits per heavy atom. The van der Waals surface area contributed by atoms with Gasteiger partial charge in [0.1, 0.15) is 0 Å². The van der Waals surface area contributed by atoms with E-state index in [2.05, 4.69) is 30.1 Å². The van der Waals surface area contributed by atoms with Crippen molar-refractivity contribution in [1.29, 1.82) is 0 Å². The minimum atomic E-state index is -0.421. The zero-order chi connectivity index (χ0) is 19.7. The van der Waals surface area contributed by atoms with Crippen LogP contribution in [0.5, 0.6) is 0 Å². The Hall–Kier alpha value is -2.69. The van der Waals surface area contributed by atoms with Crippen LogP contribution < -0.4 is 0 Å². The van der Waals surface area contributed by atoms with Gasteiger partial charge in [-0.25, -0.2) is 0 Å². The van der Waals surface area contributed by atoms with Gasteiger partial charge in [0.15, 0.2) is 0 Å². The van der Waals surface area contributed by atoms with Gasteiger partial charge in [0, 0.05) is 38.1 Å². The molecule has 0 bridgehead atoms. The zero-order valence-electron chi connectivity index (χ0n) is 16.6. The molecule has 1 spiro atoms. The summed E-state index contributed by atoms with van der Waals surface area (Å²) >= 11 is 0. The summed E-state index contributed by atoms with van der Waals surface area (Å²) in [6.45, 7) is 6.58. The van der Waals surface area contributed by atoms with E-state index in [-0.39, 0.29) is 11.8 Å². The van der Waals surface area contributed by atoms with Crippen molar-refractivity contribution in [2.45, 2.75) is 39.7 Å². The molecule has 2 saturated heterocycles. The van der Waals surface area contributed by atoms with E-state index in [1.54, 1.807) is 6.20 Å². The van der Waals surface area contributed by atoms with Gasteiger partial charge < -0.3 is 9.80 Å². The lowest BCUT2D eigenvalue weighted by atomic mass is 9.78. The maximum absolute atomic E-state index is 13.4. The Balaban J connectivity index is 1.48. The third-order valence-corrected chi connectivity index (χ3v) is 6.08. The molecule has 2 aliphatic rings. The number of aromatic nitrogens is 1. The summed E-state index contributed by atoms with van der Waals surface area (Å²) in [5.74, 6) is 0.186. The summed E-state index contributed by atoms with van der Waals surface area (Å²) < 4.78 is 0. The maximum Gasteiger partial charge on any atom is 0.255 e. The van der Waals surface area contributed by atoms with E-state index >= 15 is 0 Å². The van der Waals surface area contributed by atoms with Crippen LogP contribution in [0.4, 0.5) is 0 Å². The molecule has 2 aromatic rings. The molecular formula is C23H27N3O2. The Morgan fingerprint density at radius 1 is 1.14 bits per heavy atom. The number of hydrogen-bond acceptors (Lipinski definition) is 3. The van der Waals surface area contributed by atoms with Crippen molar-refractivity contribution in [3.63, 3.8) is 0 Å². The second-order valence-corrected chi connectivity index (χ2v) is 8.26. The van der Waals surface area contributed by atoms with Gasteiger partial charge in [0.05, 0.1) is 11.0 Å². The van der Waals surface area contributed by atoms with Crippen molar-refractivity contribution < 1.29 is 9.59 Å². The highest BCUT2D eigenvalue weighted by atomic mass is 16.2. The highest BCUT2D eigenvalue weighted by Crippen LogP contribution is 2.41. The predicted octanol–water partition coefficient (Wildman–Crippen LogP) is 3.35. The number of aryl methyl sites for hydroxylation is 2. The van der Waals surface area contributed by atoms with Crippen LogP contribution in [-0.4, -0.2) is 46.2 Å². The molecule has 5 heteroatoms. The summed E-state index contributed by atoms with van der Waals surface area (Å²) in [4.78, 5) is 34.3. The molecule has 0 radical (unpaired) electrons. The lowest BCUT2D eigenvalue weighted by molar-refractivity contribution is -0.146. The fourth-order valence-corrected chi connectivity index (χ4v) is 4.54. The zero-order valence-corrected chi connectivity index (χ0v) is 16.6. The minimum absolute atomic E-state index is 0.0204. The van der Waals surface area contributed by atoms with Crippen molar-refractivity contribution in [2.75, 3.05) is 19.6 Å². The first-order chi connectivity index (χ1) is 13.5. The molecule has 2 fully saturated rings. The molecule has 1 atom stereocenters. The van der Waals surface area contributed by atoms with Crippen LogP contribution in [0.25, 0.3) is 0 Å². The Labute approximate surface area is 166 Å². The fourth-order valence-electron chi connectivity index (χ4n) is 4.54. The average Bonchev–Trinajstić information content (AvgIpc) is 3.11. The van der Waals surface area contributed by atoms with Crippen LogP contribution in [0.15, 0.2) is 42.6 Å². The van der Waals surface area contributed by atoms with E-state index in [9.17, 15) is 9.59 Å². The van der Waals surface area contributed by atoms with Crippen molar-refractivity contribution >= 4 is 11.8 Å². The molecule has 0 N–H and O–H groups in total. The molecule has 0 saturated carbocycles. The molecule has 2 amide bonds. The van der Waals surface area contributed by atoms with Crippen LogP contribution in [-0.2, 0) is 11.3 Å². The summed E-state index contributed by atoms with van der Waals surface area (Å²) in [7, 11) is 0. The minimum Gasteiger partial charge on any atom is -0.338 e. The Bertz CT molecular complexity index is 893. The number of likely N-dealkylation sites (tertiary alicyclic amines) is 2. The van der Waals surface area contributed by atoms with Crippen molar-refractivity contribution in [3.8, 4) is 0 Å². The number of piperidine rings is 1. The van der Waals surface area contributed by atoms with Crippen molar-refractivity contribution in [2.24, 2.45) is 5.41 Å². The first-order valence-corrected chi connectivity index (χ1v) is 10.0. The smallest absolute Gasteiger partial charge is 0.255 e. The van der Waals surface area contributed by atoms with Crippen molar-refractivity contribution in [3.05, 3.63) is 65.0 Å². The maximum atomic E-state index is 13.4. The van der Waals surface area contributed by atoms with E-state index in [4.69, 9.17) is 0 Å². The van der Waals surface area contributed by atoms with Gasteiger partial charge in [-0.05, 0) is 50.8 Å². The largest absolute Gasteiger partial charge is 0.338 e. The number of rotatable bonds is 3. The van der Waals surface area contributed by atoms with Crippen LogP contribution in [0.3, 0.4) is 0 Å². The fraction of sp³-hybridized carbons (Fsp3) is 0.435. The van der Waals surface area contributed by atoms with Crippen molar-refractivity contribution in [1.82, 2.24) is 14.8 Å². The van der Waals surface area contributed by atoms with Gasteiger partial charge in [-0.2, -0.15) is 0 Å². The number of hydrogen-bond donors (Lipinski definition) is 0. The monoisotopic (exact) mass is 377 g/mol. The van der Waals surface area contributed by atoms with Gasteiger partial charge in [0.25, 0.3) is 5.91 Å². The molecule has 2 aliphatic heterocycles. The molecule has 0 unspecified atom stereocenters. The third kappa shape index (κ3) is 3.53. The Morgan fingerprint density at radius 2 is 2.00 bits per heavy atom. The normalized spacial score (nSPS) is 22.1. The molecule has 1 aromatic heterocycles. The van der Waals surface area contributed by atoms with Gasteiger partial charge >= 0.3 is 0 Å².